The zero-order valence-electron chi connectivity index (χ0n) is 8.57. The molecule has 4 heteroatoms. The topological polar surface area (TPSA) is 52.3 Å². The summed E-state index contributed by atoms with van der Waals surface area (Å²) in [5, 5.41) is 0. The summed E-state index contributed by atoms with van der Waals surface area (Å²) in [7, 11) is 0. The van der Waals surface area contributed by atoms with Crippen molar-refractivity contribution in [1.82, 2.24) is 0 Å². The van der Waals surface area contributed by atoms with Gasteiger partial charge >= 0.3 is 5.97 Å². The van der Waals surface area contributed by atoms with Crippen LogP contribution in [0.5, 0.6) is 0 Å². The lowest BCUT2D eigenvalue weighted by molar-refractivity contribution is -0.144. The van der Waals surface area contributed by atoms with Crippen LogP contribution in [0.15, 0.2) is 24.3 Å². The lowest BCUT2D eigenvalue weighted by atomic mass is 10.1. The van der Waals surface area contributed by atoms with Gasteiger partial charge < -0.3 is 10.5 Å². The molecule has 0 bridgehead atoms. The van der Waals surface area contributed by atoms with Crippen LogP contribution in [0.3, 0.4) is 0 Å². The number of hydrogen-bond acceptors (Lipinski definition) is 3. The van der Waals surface area contributed by atoms with Crippen molar-refractivity contribution in [3.05, 3.63) is 35.6 Å². The third-order valence-electron chi connectivity index (χ3n) is 1.93. The number of rotatable bonds is 4. The van der Waals surface area contributed by atoms with Gasteiger partial charge in [0.15, 0.2) is 0 Å². The minimum absolute atomic E-state index is 0.288. The molecule has 0 unspecified atom stereocenters. The Labute approximate surface area is 88.0 Å². The smallest absolute Gasteiger partial charge is 0.323 e. The van der Waals surface area contributed by atoms with E-state index in [4.69, 9.17) is 10.5 Å². The molecule has 82 valence electrons. The Morgan fingerprint density at radius 2 is 2.33 bits per heavy atom. The molecular formula is C11H14FNO2. The first-order valence-electron chi connectivity index (χ1n) is 4.80. The second-order valence-electron chi connectivity index (χ2n) is 3.19. The van der Waals surface area contributed by atoms with Gasteiger partial charge in [0, 0.05) is 0 Å². The fourth-order valence-electron chi connectivity index (χ4n) is 1.25. The maximum absolute atomic E-state index is 12.8. The van der Waals surface area contributed by atoms with E-state index in [1.807, 2.05) is 0 Å². The molecule has 15 heavy (non-hydrogen) atoms. The molecule has 0 aliphatic heterocycles. The predicted molar refractivity (Wildman–Crippen MR) is 54.7 cm³/mol. The summed E-state index contributed by atoms with van der Waals surface area (Å²) in [6.45, 7) is 2.02. The van der Waals surface area contributed by atoms with Gasteiger partial charge in [-0.2, -0.15) is 0 Å². The van der Waals surface area contributed by atoms with Gasteiger partial charge in [-0.1, -0.05) is 12.1 Å². The summed E-state index contributed by atoms with van der Waals surface area (Å²) in [5.41, 5.74) is 6.28. The minimum Gasteiger partial charge on any atom is -0.465 e. The maximum atomic E-state index is 12.8. The normalized spacial score (nSPS) is 12.2. The van der Waals surface area contributed by atoms with E-state index < -0.39 is 12.0 Å². The van der Waals surface area contributed by atoms with Gasteiger partial charge in [0.1, 0.15) is 11.9 Å². The van der Waals surface area contributed by atoms with Crippen molar-refractivity contribution in [2.24, 2.45) is 5.73 Å². The Balaban J connectivity index is 2.58. The summed E-state index contributed by atoms with van der Waals surface area (Å²) < 4.78 is 17.6. The van der Waals surface area contributed by atoms with E-state index in [0.29, 0.717) is 12.2 Å². The van der Waals surface area contributed by atoms with E-state index in [1.165, 1.54) is 12.1 Å². The van der Waals surface area contributed by atoms with E-state index in [9.17, 15) is 9.18 Å². The Bertz CT molecular complexity index is 341. The van der Waals surface area contributed by atoms with Crippen LogP contribution < -0.4 is 5.73 Å². The summed E-state index contributed by atoms with van der Waals surface area (Å²) in [6, 6.07) is 5.29. The predicted octanol–water partition coefficient (Wildman–Crippen LogP) is 1.26. The molecule has 0 aliphatic rings. The molecular weight excluding hydrogens is 197 g/mol. The first-order valence-corrected chi connectivity index (χ1v) is 4.80. The highest BCUT2D eigenvalue weighted by atomic mass is 19.1. The van der Waals surface area contributed by atoms with Crippen molar-refractivity contribution in [3.63, 3.8) is 0 Å². The first-order chi connectivity index (χ1) is 7.13. The third-order valence-corrected chi connectivity index (χ3v) is 1.93. The van der Waals surface area contributed by atoms with Gasteiger partial charge in [-0.25, -0.2) is 4.39 Å². The van der Waals surface area contributed by atoms with E-state index in [0.717, 1.165) is 0 Å². The molecule has 3 nitrogen and oxygen atoms in total. The highest BCUT2D eigenvalue weighted by Crippen LogP contribution is 2.06. The third kappa shape index (κ3) is 3.67. The van der Waals surface area contributed by atoms with Gasteiger partial charge in [-0.15, -0.1) is 0 Å². The van der Waals surface area contributed by atoms with Crippen molar-refractivity contribution in [2.75, 3.05) is 6.61 Å². The largest absolute Gasteiger partial charge is 0.465 e. The molecule has 0 saturated carbocycles. The van der Waals surface area contributed by atoms with E-state index >= 15 is 0 Å². The zero-order valence-corrected chi connectivity index (χ0v) is 8.57. The fourth-order valence-corrected chi connectivity index (χ4v) is 1.25. The molecule has 2 N–H and O–H groups in total. The molecule has 1 rings (SSSR count). The standard InChI is InChI=1S/C11H14FNO2/c1-2-15-11(14)10(13)7-8-4-3-5-9(12)6-8/h3-6,10H,2,7,13H2,1H3/t10-/m0/s1. The molecule has 0 radical (unpaired) electrons. The SMILES string of the molecule is CCOC(=O)[C@@H](N)Cc1cccc(F)c1. The fraction of sp³-hybridized carbons (Fsp3) is 0.364. The number of halogens is 1. The van der Waals surface area contributed by atoms with Crippen molar-refractivity contribution in [2.45, 2.75) is 19.4 Å². The zero-order chi connectivity index (χ0) is 11.3. The van der Waals surface area contributed by atoms with Crippen LogP contribution in [0.1, 0.15) is 12.5 Å². The summed E-state index contributed by atoms with van der Waals surface area (Å²) in [5.74, 6) is -0.787. The number of esters is 1. The van der Waals surface area contributed by atoms with Crippen LogP contribution in [-0.4, -0.2) is 18.6 Å². The molecule has 1 aromatic rings. The molecule has 0 saturated heterocycles. The van der Waals surface area contributed by atoms with Crippen LogP contribution in [0, 0.1) is 5.82 Å². The van der Waals surface area contributed by atoms with E-state index in [1.54, 1.807) is 19.1 Å². The lowest BCUT2D eigenvalue weighted by Crippen LogP contribution is -2.34. The van der Waals surface area contributed by atoms with Crippen molar-refractivity contribution in [3.8, 4) is 0 Å². The number of carbonyl (C=O) groups excluding carboxylic acids is 1. The van der Waals surface area contributed by atoms with E-state index in [2.05, 4.69) is 0 Å². The number of ether oxygens (including phenoxy) is 1. The second-order valence-corrected chi connectivity index (χ2v) is 3.19. The number of hydrogen-bond donors (Lipinski definition) is 1. The highest BCUT2D eigenvalue weighted by molar-refractivity contribution is 5.75. The van der Waals surface area contributed by atoms with Crippen molar-refractivity contribution >= 4 is 5.97 Å². The molecule has 0 spiro atoms. The summed E-state index contributed by atoms with van der Waals surface area (Å²) in [6.07, 6.45) is 0.288. The highest BCUT2D eigenvalue weighted by Gasteiger charge is 2.14. The van der Waals surface area contributed by atoms with Crippen LogP contribution in [0.25, 0.3) is 0 Å². The first kappa shape index (κ1) is 11.7. The Kier molecular flexibility index (Phi) is 4.24. The van der Waals surface area contributed by atoms with Crippen LogP contribution in [-0.2, 0) is 16.0 Å². The molecule has 1 atom stereocenters. The molecule has 0 amide bonds. The van der Waals surface area contributed by atoms with Gasteiger partial charge in [-0.05, 0) is 31.0 Å². The number of carbonyl (C=O) groups is 1. The summed E-state index contributed by atoms with van der Waals surface area (Å²) in [4.78, 5) is 11.2. The van der Waals surface area contributed by atoms with Gasteiger partial charge in [0.25, 0.3) is 0 Å². The summed E-state index contributed by atoms with van der Waals surface area (Å²) >= 11 is 0. The van der Waals surface area contributed by atoms with Crippen LogP contribution in [0.2, 0.25) is 0 Å². The van der Waals surface area contributed by atoms with Gasteiger partial charge in [0.2, 0.25) is 0 Å². The molecule has 0 aliphatic carbocycles. The lowest BCUT2D eigenvalue weighted by Gasteiger charge is -2.10. The minimum atomic E-state index is -0.730. The molecule has 1 aromatic carbocycles. The maximum Gasteiger partial charge on any atom is 0.323 e. The molecule has 0 aromatic heterocycles. The quantitative estimate of drug-likeness (QED) is 0.763. The van der Waals surface area contributed by atoms with Crippen LogP contribution in [0.4, 0.5) is 4.39 Å². The average Bonchev–Trinajstić information content (AvgIpc) is 2.18. The van der Waals surface area contributed by atoms with Crippen molar-refractivity contribution in [1.29, 1.82) is 0 Å². The van der Waals surface area contributed by atoms with E-state index in [-0.39, 0.29) is 12.2 Å². The second kappa shape index (κ2) is 5.46. The Morgan fingerprint density at radius 1 is 1.60 bits per heavy atom. The Morgan fingerprint density at radius 3 is 2.93 bits per heavy atom. The number of benzene rings is 1. The van der Waals surface area contributed by atoms with Crippen LogP contribution >= 0.6 is 0 Å². The van der Waals surface area contributed by atoms with Gasteiger partial charge in [0.05, 0.1) is 6.61 Å². The Hall–Kier alpha value is -1.42. The monoisotopic (exact) mass is 211 g/mol. The van der Waals surface area contributed by atoms with Crippen molar-refractivity contribution < 1.29 is 13.9 Å². The average molecular weight is 211 g/mol. The van der Waals surface area contributed by atoms with Gasteiger partial charge in [-0.3, -0.25) is 4.79 Å². The molecule has 0 fully saturated rings. The molecule has 0 heterocycles. The number of nitrogens with two attached hydrogens (primary N) is 1.